The van der Waals surface area contributed by atoms with Crippen LogP contribution in [0.25, 0.3) is 10.8 Å². The van der Waals surface area contributed by atoms with Crippen molar-refractivity contribution in [2.24, 2.45) is 0 Å². The molecule has 2 aromatic heterocycles. The van der Waals surface area contributed by atoms with Crippen molar-refractivity contribution in [3.63, 3.8) is 0 Å². The fourth-order valence-electron chi connectivity index (χ4n) is 4.05. The molecule has 0 bridgehead atoms. The Morgan fingerprint density at radius 1 is 0.938 bits per heavy atom. The summed E-state index contributed by atoms with van der Waals surface area (Å²) in [6, 6.07) is 19.9. The number of hydrogen-bond acceptors (Lipinski definition) is 6. The van der Waals surface area contributed by atoms with Crippen LogP contribution in [0.1, 0.15) is 50.9 Å². The number of carbonyl (C=O) groups is 2. The number of hydrogen-bond donors (Lipinski definition) is 0. The molecule has 0 radical (unpaired) electrons. The Bertz CT molecular complexity index is 1230. The Hall–Kier alpha value is -3.58. The van der Waals surface area contributed by atoms with Crippen LogP contribution in [0.2, 0.25) is 0 Å². The van der Waals surface area contributed by atoms with Crippen molar-refractivity contribution < 1.29 is 14.0 Å². The van der Waals surface area contributed by atoms with Gasteiger partial charge in [0.15, 0.2) is 5.78 Å². The van der Waals surface area contributed by atoms with Gasteiger partial charge in [0.25, 0.3) is 11.8 Å². The Morgan fingerprint density at radius 3 is 2.50 bits per heavy atom. The molecule has 1 aliphatic rings. The maximum absolute atomic E-state index is 13.4. The van der Waals surface area contributed by atoms with Crippen LogP contribution in [0.4, 0.5) is 0 Å². The molecule has 1 fully saturated rings. The molecule has 7 heteroatoms. The number of carbonyl (C=O) groups excluding carboxylic acids is 2. The predicted molar refractivity (Wildman–Crippen MR) is 122 cm³/mol. The Kier molecular flexibility index (Phi) is 5.64. The van der Waals surface area contributed by atoms with Crippen LogP contribution < -0.4 is 0 Å². The third-order valence-corrected chi connectivity index (χ3v) is 6.53. The number of likely N-dealkylation sites (tertiary alicyclic amines) is 1. The molecule has 2 aromatic carbocycles. The topological polar surface area (TPSA) is 76.3 Å². The van der Waals surface area contributed by atoms with E-state index in [-0.39, 0.29) is 17.6 Å². The zero-order chi connectivity index (χ0) is 21.9. The standard InChI is InChI=1S/C25H21N3O3S/c29-22(17-8-2-1-3-9-17)19-11-4-5-12-20(19)25(30)28-14-6-10-18(16-28)23-26-27-24(31-23)21-13-7-15-32-21/h1-5,7-9,11-13,15,18H,6,10,14,16H2. The van der Waals surface area contributed by atoms with Crippen LogP contribution in [0.3, 0.4) is 0 Å². The first-order valence-electron chi connectivity index (χ1n) is 10.6. The van der Waals surface area contributed by atoms with Gasteiger partial charge in [0.05, 0.1) is 16.4 Å². The number of amides is 1. The summed E-state index contributed by atoms with van der Waals surface area (Å²) in [5.41, 5.74) is 1.41. The fourth-order valence-corrected chi connectivity index (χ4v) is 4.69. The zero-order valence-electron chi connectivity index (χ0n) is 17.3. The minimum absolute atomic E-state index is 0.0223. The van der Waals surface area contributed by atoms with Gasteiger partial charge in [0, 0.05) is 24.2 Å². The maximum Gasteiger partial charge on any atom is 0.257 e. The summed E-state index contributed by atoms with van der Waals surface area (Å²) in [6.45, 7) is 1.12. The first-order valence-corrected chi connectivity index (χ1v) is 11.4. The average Bonchev–Trinajstić information content (AvgIpc) is 3.56. The monoisotopic (exact) mass is 443 g/mol. The molecule has 0 spiro atoms. The molecule has 160 valence electrons. The lowest BCUT2D eigenvalue weighted by Gasteiger charge is -2.31. The molecule has 1 amide bonds. The summed E-state index contributed by atoms with van der Waals surface area (Å²) in [5.74, 6) is 0.746. The molecule has 1 unspecified atom stereocenters. The zero-order valence-corrected chi connectivity index (χ0v) is 18.1. The Labute approximate surface area is 189 Å². The summed E-state index contributed by atoms with van der Waals surface area (Å²) < 4.78 is 5.92. The summed E-state index contributed by atoms with van der Waals surface area (Å²) in [6.07, 6.45) is 1.71. The molecule has 1 saturated heterocycles. The van der Waals surface area contributed by atoms with Crippen LogP contribution in [-0.2, 0) is 0 Å². The van der Waals surface area contributed by atoms with E-state index in [9.17, 15) is 9.59 Å². The van der Waals surface area contributed by atoms with Crippen molar-refractivity contribution in [2.75, 3.05) is 13.1 Å². The number of aromatic nitrogens is 2. The second-order valence-corrected chi connectivity index (χ2v) is 8.70. The lowest BCUT2D eigenvalue weighted by molar-refractivity contribution is 0.0695. The summed E-state index contributed by atoms with van der Waals surface area (Å²) in [5, 5.41) is 10.4. The normalized spacial score (nSPS) is 16.1. The number of rotatable bonds is 5. The van der Waals surface area contributed by atoms with Crippen LogP contribution in [0, 0.1) is 0 Å². The molecular formula is C25H21N3O3S. The molecule has 32 heavy (non-hydrogen) atoms. The fraction of sp³-hybridized carbons (Fsp3) is 0.200. The highest BCUT2D eigenvalue weighted by Gasteiger charge is 2.30. The van der Waals surface area contributed by atoms with E-state index in [0.29, 0.717) is 41.6 Å². The highest BCUT2D eigenvalue weighted by Crippen LogP contribution is 2.31. The maximum atomic E-state index is 13.4. The predicted octanol–water partition coefficient (Wildman–Crippen LogP) is 5.05. The SMILES string of the molecule is O=C(c1ccccc1)c1ccccc1C(=O)N1CCCC(c2nnc(-c3cccs3)o2)C1. The van der Waals surface area contributed by atoms with Crippen LogP contribution in [0.5, 0.6) is 0 Å². The lowest BCUT2D eigenvalue weighted by Crippen LogP contribution is -2.39. The number of nitrogens with zero attached hydrogens (tertiary/aromatic N) is 3. The van der Waals surface area contributed by atoms with E-state index < -0.39 is 0 Å². The smallest absolute Gasteiger partial charge is 0.257 e. The van der Waals surface area contributed by atoms with Gasteiger partial charge in [-0.15, -0.1) is 21.5 Å². The second-order valence-electron chi connectivity index (χ2n) is 7.75. The van der Waals surface area contributed by atoms with Crippen molar-refractivity contribution in [3.8, 4) is 10.8 Å². The van der Waals surface area contributed by atoms with Crippen molar-refractivity contribution >= 4 is 23.0 Å². The molecule has 6 nitrogen and oxygen atoms in total. The molecule has 3 heterocycles. The molecule has 1 aliphatic heterocycles. The van der Waals surface area contributed by atoms with E-state index in [0.717, 1.165) is 17.7 Å². The average molecular weight is 444 g/mol. The van der Waals surface area contributed by atoms with E-state index >= 15 is 0 Å². The largest absolute Gasteiger partial charge is 0.420 e. The van der Waals surface area contributed by atoms with Crippen LogP contribution in [0.15, 0.2) is 76.5 Å². The minimum atomic E-state index is -0.152. The van der Waals surface area contributed by atoms with Gasteiger partial charge in [-0.3, -0.25) is 9.59 Å². The highest BCUT2D eigenvalue weighted by atomic mass is 32.1. The van der Waals surface area contributed by atoms with Crippen LogP contribution >= 0.6 is 11.3 Å². The number of ketones is 1. The van der Waals surface area contributed by atoms with Crippen molar-refractivity contribution in [1.29, 1.82) is 0 Å². The van der Waals surface area contributed by atoms with E-state index in [1.807, 2.05) is 35.7 Å². The second kappa shape index (κ2) is 8.88. The van der Waals surface area contributed by atoms with E-state index in [1.54, 1.807) is 52.6 Å². The van der Waals surface area contributed by atoms with Crippen molar-refractivity contribution in [3.05, 3.63) is 94.7 Å². The quantitative estimate of drug-likeness (QED) is 0.404. The summed E-state index contributed by atoms with van der Waals surface area (Å²) >= 11 is 1.55. The number of benzene rings is 2. The molecule has 0 aliphatic carbocycles. The van der Waals surface area contributed by atoms with Gasteiger partial charge >= 0.3 is 0 Å². The van der Waals surface area contributed by atoms with E-state index in [1.165, 1.54) is 0 Å². The van der Waals surface area contributed by atoms with E-state index in [2.05, 4.69) is 10.2 Å². The van der Waals surface area contributed by atoms with Crippen molar-refractivity contribution in [2.45, 2.75) is 18.8 Å². The van der Waals surface area contributed by atoms with Crippen molar-refractivity contribution in [1.82, 2.24) is 15.1 Å². The van der Waals surface area contributed by atoms with Gasteiger partial charge in [-0.05, 0) is 30.4 Å². The third kappa shape index (κ3) is 3.99. The molecular weight excluding hydrogens is 422 g/mol. The van der Waals surface area contributed by atoms with Gasteiger partial charge in [0.2, 0.25) is 5.89 Å². The van der Waals surface area contributed by atoms with Gasteiger partial charge in [-0.25, -0.2) is 0 Å². The van der Waals surface area contributed by atoms with Gasteiger partial charge in [0.1, 0.15) is 0 Å². The first-order chi connectivity index (χ1) is 15.7. The molecule has 5 rings (SSSR count). The highest BCUT2D eigenvalue weighted by molar-refractivity contribution is 7.13. The van der Waals surface area contributed by atoms with Gasteiger partial charge in [-0.2, -0.15) is 0 Å². The van der Waals surface area contributed by atoms with Crippen LogP contribution in [-0.4, -0.2) is 39.9 Å². The van der Waals surface area contributed by atoms with Gasteiger partial charge in [-0.1, -0.05) is 54.6 Å². The third-order valence-electron chi connectivity index (χ3n) is 5.67. The first kappa shape index (κ1) is 20.3. The molecule has 0 saturated carbocycles. The number of thiophene rings is 1. The Morgan fingerprint density at radius 2 is 1.72 bits per heavy atom. The summed E-state index contributed by atoms with van der Waals surface area (Å²) in [4.78, 5) is 29.2. The Balaban J connectivity index is 1.37. The molecule has 0 N–H and O–H groups in total. The number of piperidine rings is 1. The minimum Gasteiger partial charge on any atom is -0.420 e. The molecule has 4 aromatic rings. The van der Waals surface area contributed by atoms with Gasteiger partial charge < -0.3 is 9.32 Å². The molecule has 1 atom stereocenters. The lowest BCUT2D eigenvalue weighted by atomic mass is 9.94. The van der Waals surface area contributed by atoms with E-state index in [4.69, 9.17) is 4.42 Å². The summed E-state index contributed by atoms with van der Waals surface area (Å²) in [7, 11) is 0.